The minimum atomic E-state index is -2.78. The third kappa shape index (κ3) is 12.4. The summed E-state index contributed by atoms with van der Waals surface area (Å²) in [4.78, 5) is 39.5. The van der Waals surface area contributed by atoms with Gasteiger partial charge in [-0.2, -0.15) is 0 Å². The Morgan fingerprint density at radius 3 is 1.24 bits per heavy atom. The second-order valence-corrected chi connectivity index (χ2v) is 15.9. The first-order chi connectivity index (χ1) is 21.0. The van der Waals surface area contributed by atoms with Crippen molar-refractivity contribution in [3.05, 3.63) is 63.2 Å². The highest BCUT2D eigenvalue weighted by atomic mass is 31.2. The minimum Gasteiger partial charge on any atom is -0.484 e. The molecule has 5 N–H and O–H groups in total. The van der Waals surface area contributed by atoms with Crippen LogP contribution in [-0.4, -0.2) is 44.5 Å². The molecule has 1 atom stereocenters. The summed E-state index contributed by atoms with van der Waals surface area (Å²) in [5, 5.41) is 11.2. The average molecular weight is 669 g/mol. The molecule has 2 aromatic rings. The number of benzene rings is 2. The molecule has 8 nitrogen and oxygen atoms in total. The molecule has 45 heavy (non-hydrogen) atoms. The van der Waals surface area contributed by atoms with E-state index in [2.05, 4.69) is 93.5 Å². The lowest BCUT2D eigenvalue weighted by atomic mass is 9.75. The van der Waals surface area contributed by atoms with Gasteiger partial charge in [0.2, 0.25) is 0 Å². The molecule has 0 spiro atoms. The second-order valence-electron chi connectivity index (χ2n) is 14.4. The van der Waals surface area contributed by atoms with Gasteiger partial charge in [-0.1, -0.05) is 90.8 Å². The van der Waals surface area contributed by atoms with Gasteiger partial charge in [0.25, 0.3) is 0 Å². The Labute approximate surface area is 274 Å². The zero-order valence-electron chi connectivity index (χ0n) is 29.0. The van der Waals surface area contributed by atoms with Crippen molar-refractivity contribution in [2.75, 3.05) is 19.8 Å². The van der Waals surface area contributed by atoms with Gasteiger partial charge in [0.05, 0.1) is 25.2 Å². The first kappa shape index (κ1) is 40.0. The van der Waals surface area contributed by atoms with E-state index in [0.29, 0.717) is 23.7 Å². The van der Waals surface area contributed by atoms with E-state index >= 15 is 0 Å². The molecule has 2 aromatic carbocycles. The molecule has 0 bridgehead atoms. The fraction of sp³-hybridized carbons (Fsp3) is 0.657. The summed E-state index contributed by atoms with van der Waals surface area (Å²) in [7, 11) is -5.56. The SMILES string of the molecule is Cc1cc(CC(C)C)c(OC(c2c(CC(C)C)cc(C)cc2CC(C)C)C(CO)(COP(O)O)COP(O)O)c(CC(C)C)c1. The maximum atomic E-state index is 11.2. The van der Waals surface area contributed by atoms with E-state index in [0.717, 1.165) is 70.4 Å². The third-order valence-electron chi connectivity index (χ3n) is 7.70. The number of aryl methyl sites for hydroxylation is 2. The number of aliphatic hydroxyl groups excluding tert-OH is 1. The summed E-state index contributed by atoms with van der Waals surface area (Å²) in [6, 6.07) is 8.64. The highest BCUT2D eigenvalue weighted by molar-refractivity contribution is 7.39. The van der Waals surface area contributed by atoms with Crippen LogP contribution in [0.2, 0.25) is 0 Å². The van der Waals surface area contributed by atoms with E-state index in [4.69, 9.17) is 13.8 Å². The molecule has 0 aliphatic rings. The largest absolute Gasteiger partial charge is 0.484 e. The van der Waals surface area contributed by atoms with E-state index in [9.17, 15) is 24.7 Å². The third-order valence-corrected chi connectivity index (χ3v) is 8.42. The zero-order chi connectivity index (χ0) is 34.1. The summed E-state index contributed by atoms with van der Waals surface area (Å²) in [5.41, 5.74) is 5.97. The number of ether oxygens (including phenoxy) is 1. The average Bonchev–Trinajstić information content (AvgIpc) is 2.88. The first-order valence-corrected chi connectivity index (χ1v) is 18.4. The van der Waals surface area contributed by atoms with Gasteiger partial charge in [0, 0.05) is 0 Å². The Morgan fingerprint density at radius 1 is 0.600 bits per heavy atom. The second kappa shape index (κ2) is 18.4. The van der Waals surface area contributed by atoms with Crippen LogP contribution in [0, 0.1) is 42.9 Å². The van der Waals surface area contributed by atoms with Gasteiger partial charge in [-0.05, 0) is 91.0 Å². The van der Waals surface area contributed by atoms with Crippen LogP contribution in [0.1, 0.15) is 100 Å². The molecule has 0 radical (unpaired) electrons. The fourth-order valence-corrected chi connectivity index (χ4v) is 6.86. The van der Waals surface area contributed by atoms with Crippen molar-refractivity contribution in [2.24, 2.45) is 29.1 Å². The molecule has 0 amide bonds. The normalized spacial score (nSPS) is 13.4. The molecular weight excluding hydrogens is 610 g/mol. The highest BCUT2D eigenvalue weighted by Crippen LogP contribution is 2.48. The first-order valence-electron chi connectivity index (χ1n) is 16.1. The van der Waals surface area contributed by atoms with Crippen molar-refractivity contribution in [1.29, 1.82) is 0 Å². The number of rotatable bonds is 19. The summed E-state index contributed by atoms with van der Waals surface area (Å²) in [6.45, 7) is 20.2. The van der Waals surface area contributed by atoms with E-state index in [1.54, 1.807) is 0 Å². The molecule has 1 unspecified atom stereocenters. The zero-order valence-corrected chi connectivity index (χ0v) is 30.8. The Balaban J connectivity index is 3.09. The van der Waals surface area contributed by atoms with Crippen LogP contribution in [0.4, 0.5) is 0 Å². The molecule has 0 heterocycles. The summed E-state index contributed by atoms with van der Waals surface area (Å²) < 4.78 is 18.2. The molecule has 0 fully saturated rings. The fourth-order valence-electron chi connectivity index (χ4n) is 6.12. The van der Waals surface area contributed by atoms with Gasteiger partial charge in [0.15, 0.2) is 0 Å². The molecule has 0 aliphatic carbocycles. The van der Waals surface area contributed by atoms with E-state index < -0.39 is 35.3 Å². The smallest absolute Gasteiger partial charge is 0.327 e. The lowest BCUT2D eigenvalue weighted by Gasteiger charge is -2.41. The molecular formula is C35H58O8P2. The summed E-state index contributed by atoms with van der Waals surface area (Å²) in [6.07, 6.45) is 2.15. The van der Waals surface area contributed by atoms with Crippen molar-refractivity contribution in [3.63, 3.8) is 0 Å². The van der Waals surface area contributed by atoms with Gasteiger partial charge in [0.1, 0.15) is 11.9 Å². The number of aliphatic hydroxyl groups is 1. The number of hydrogen-bond acceptors (Lipinski definition) is 8. The Kier molecular flexibility index (Phi) is 16.3. The van der Waals surface area contributed by atoms with Gasteiger partial charge in [-0.15, -0.1) is 0 Å². The Hall–Kier alpha value is -1.18. The standard InChI is InChI=1S/C35H58O8P2/c1-22(2)11-28-15-26(9)16-29(12-23(3)4)32(28)34(35(19-36,20-41-44(37)38)21-42-45(39)40)43-33-30(13-24(5)6)17-27(10)18-31(33)14-25(7)8/h15-18,22-25,34,36-40H,11-14,19-21H2,1-10H3. The molecule has 0 saturated heterocycles. The van der Waals surface area contributed by atoms with Crippen LogP contribution >= 0.6 is 17.2 Å². The molecule has 10 heteroatoms. The lowest BCUT2D eigenvalue weighted by molar-refractivity contribution is -0.0666. The highest BCUT2D eigenvalue weighted by Gasteiger charge is 2.46. The minimum absolute atomic E-state index is 0.312. The molecule has 0 aliphatic heterocycles. The van der Waals surface area contributed by atoms with Crippen LogP contribution in [0.3, 0.4) is 0 Å². The van der Waals surface area contributed by atoms with Crippen LogP contribution in [0.25, 0.3) is 0 Å². The van der Waals surface area contributed by atoms with Crippen molar-refractivity contribution < 1.29 is 38.5 Å². The lowest BCUT2D eigenvalue weighted by Crippen LogP contribution is -2.44. The molecule has 0 saturated carbocycles. The van der Waals surface area contributed by atoms with Crippen LogP contribution < -0.4 is 4.74 Å². The van der Waals surface area contributed by atoms with Crippen molar-refractivity contribution in [2.45, 2.75) is 101 Å². The van der Waals surface area contributed by atoms with Crippen LogP contribution in [0.15, 0.2) is 24.3 Å². The summed E-state index contributed by atoms with van der Waals surface area (Å²) in [5.74, 6) is 2.06. The van der Waals surface area contributed by atoms with Crippen molar-refractivity contribution in [1.82, 2.24) is 0 Å². The monoisotopic (exact) mass is 668 g/mol. The van der Waals surface area contributed by atoms with E-state index in [1.807, 2.05) is 0 Å². The van der Waals surface area contributed by atoms with Gasteiger partial charge in [-0.3, -0.25) is 0 Å². The maximum Gasteiger partial charge on any atom is 0.327 e. The van der Waals surface area contributed by atoms with Crippen LogP contribution in [-0.2, 0) is 34.7 Å². The number of hydrogen-bond donors (Lipinski definition) is 5. The Morgan fingerprint density at radius 2 is 0.933 bits per heavy atom. The molecule has 2 rings (SSSR count). The van der Waals surface area contributed by atoms with Gasteiger partial charge in [-0.25, -0.2) is 0 Å². The van der Waals surface area contributed by atoms with E-state index in [-0.39, 0.29) is 13.2 Å². The van der Waals surface area contributed by atoms with Crippen molar-refractivity contribution in [3.8, 4) is 5.75 Å². The van der Waals surface area contributed by atoms with E-state index in [1.165, 1.54) is 0 Å². The maximum absolute atomic E-state index is 11.2. The topological polar surface area (TPSA) is 129 Å². The van der Waals surface area contributed by atoms with Gasteiger partial charge < -0.3 is 38.5 Å². The Bertz CT molecular complexity index is 1120. The summed E-state index contributed by atoms with van der Waals surface area (Å²) >= 11 is 0. The van der Waals surface area contributed by atoms with Crippen molar-refractivity contribution >= 4 is 17.2 Å². The van der Waals surface area contributed by atoms with Gasteiger partial charge >= 0.3 is 17.2 Å². The predicted octanol–water partition coefficient (Wildman–Crippen LogP) is 7.65. The van der Waals surface area contributed by atoms with Crippen LogP contribution in [0.5, 0.6) is 5.75 Å². The molecule has 256 valence electrons. The predicted molar refractivity (Wildman–Crippen MR) is 184 cm³/mol. The molecule has 0 aromatic heterocycles. The quantitative estimate of drug-likeness (QED) is 0.0966.